The Morgan fingerprint density at radius 3 is 2.70 bits per heavy atom. The topological polar surface area (TPSA) is 20.2 Å². The minimum Gasteiger partial charge on any atom is -0.392 e. The zero-order valence-electron chi connectivity index (χ0n) is 5.39. The Hall–Kier alpha value is -1.62. The fraction of sp³-hybridized carbons (Fsp3) is 0.111. The molecule has 1 heteroatoms. The molecule has 0 aromatic carbocycles. The number of aliphatic hydroxyl groups excluding tert-OH is 1. The van der Waals surface area contributed by atoms with Crippen LogP contribution in [0, 0.1) is 36.0 Å². The maximum atomic E-state index is 8.25. The van der Waals surface area contributed by atoms with Crippen LogP contribution in [0.25, 0.3) is 0 Å². The summed E-state index contributed by atoms with van der Waals surface area (Å²) in [7, 11) is 0. The highest BCUT2D eigenvalue weighted by Crippen LogP contribution is 1.64. The van der Waals surface area contributed by atoms with E-state index in [1.54, 1.807) is 0 Å². The normalized spacial score (nSPS) is 6.80. The summed E-state index contributed by atoms with van der Waals surface area (Å²) < 4.78 is 0. The highest BCUT2D eigenvalue weighted by molar-refractivity contribution is 5.36. The van der Waals surface area contributed by atoms with Crippen molar-refractivity contribution in [2.45, 2.75) is 0 Å². The second-order valence-electron chi connectivity index (χ2n) is 1.25. The molecule has 0 aromatic rings. The van der Waals surface area contributed by atoms with Crippen LogP contribution in [0.1, 0.15) is 0 Å². The van der Waals surface area contributed by atoms with E-state index in [1.807, 2.05) is 0 Å². The summed E-state index contributed by atoms with van der Waals surface area (Å²) in [5.74, 6) is 11.9. The van der Waals surface area contributed by atoms with Crippen molar-refractivity contribution in [2.75, 3.05) is 6.61 Å². The van der Waals surface area contributed by atoms with Crippen LogP contribution in [0.3, 0.4) is 0 Å². The zero-order valence-corrected chi connectivity index (χ0v) is 5.39. The van der Waals surface area contributed by atoms with Gasteiger partial charge in [-0.1, -0.05) is 12.0 Å². The third-order valence-corrected chi connectivity index (χ3v) is 0.576. The summed E-state index contributed by atoms with van der Waals surface area (Å²) in [5.41, 5.74) is 0. The number of rotatable bonds is 1. The second kappa shape index (κ2) is 7.38. The number of aliphatic hydroxyl groups is 1. The predicted octanol–water partition coefficient (Wildman–Crippen LogP) is 0.175. The molecule has 0 radical (unpaired) electrons. The van der Waals surface area contributed by atoms with Crippen LogP contribution in [0.2, 0.25) is 0 Å². The summed E-state index contributed by atoms with van der Waals surface area (Å²) >= 11 is 0. The quantitative estimate of drug-likeness (QED) is 0.502. The minimum absolute atomic E-state index is 0.00273. The van der Waals surface area contributed by atoms with Gasteiger partial charge in [-0.05, 0) is 29.8 Å². The summed E-state index contributed by atoms with van der Waals surface area (Å²) in [6.45, 7) is -0.00273. The molecule has 1 N–H and O–H groups in total. The van der Waals surface area contributed by atoms with Gasteiger partial charge in [0.05, 0.1) is 6.61 Å². The Kier molecular flexibility index (Phi) is 6.18. The summed E-state index contributed by atoms with van der Waals surface area (Å²) in [6, 6.07) is 0. The van der Waals surface area contributed by atoms with Crippen molar-refractivity contribution in [3.05, 3.63) is 12.2 Å². The van der Waals surface area contributed by atoms with E-state index in [2.05, 4.69) is 29.6 Å². The first-order valence-corrected chi connectivity index (χ1v) is 2.64. The van der Waals surface area contributed by atoms with Gasteiger partial charge < -0.3 is 5.11 Å². The maximum Gasteiger partial charge on any atom is 0.0621 e. The van der Waals surface area contributed by atoms with Gasteiger partial charge in [0.15, 0.2) is 0 Å². The molecule has 0 atom stereocenters. The molecule has 1 nitrogen and oxygen atoms in total. The van der Waals surface area contributed by atoms with Gasteiger partial charge >= 0.3 is 0 Å². The van der Waals surface area contributed by atoms with Crippen LogP contribution in [-0.4, -0.2) is 11.7 Å². The van der Waals surface area contributed by atoms with Crippen molar-refractivity contribution in [1.29, 1.82) is 0 Å². The van der Waals surface area contributed by atoms with Crippen LogP contribution in [0.5, 0.6) is 0 Å². The van der Waals surface area contributed by atoms with Crippen molar-refractivity contribution in [1.82, 2.24) is 0 Å². The monoisotopic (exact) mass is 130 g/mol. The van der Waals surface area contributed by atoms with Crippen molar-refractivity contribution in [3.63, 3.8) is 0 Å². The molecule has 0 heterocycles. The Labute approximate surface area is 60.8 Å². The molecule has 0 aliphatic carbocycles. The smallest absolute Gasteiger partial charge is 0.0621 e. The van der Waals surface area contributed by atoms with Gasteiger partial charge in [-0.2, -0.15) is 0 Å². The van der Waals surface area contributed by atoms with Gasteiger partial charge in [0, 0.05) is 0 Å². The molecule has 0 aliphatic heterocycles. The van der Waals surface area contributed by atoms with Gasteiger partial charge in [-0.15, -0.1) is 6.42 Å². The summed E-state index contributed by atoms with van der Waals surface area (Å²) in [5, 5.41) is 8.25. The Morgan fingerprint density at radius 2 is 2.10 bits per heavy atom. The summed E-state index contributed by atoms with van der Waals surface area (Å²) in [4.78, 5) is 0. The molecular formula is C9H6O. The fourth-order valence-electron chi connectivity index (χ4n) is 0.257. The molecular weight excluding hydrogens is 124 g/mol. The van der Waals surface area contributed by atoms with E-state index >= 15 is 0 Å². The van der Waals surface area contributed by atoms with E-state index in [4.69, 9.17) is 11.5 Å². The van der Waals surface area contributed by atoms with Crippen molar-refractivity contribution >= 4 is 0 Å². The molecule has 10 heavy (non-hydrogen) atoms. The lowest BCUT2D eigenvalue weighted by atomic mass is 10.5. The highest BCUT2D eigenvalue weighted by atomic mass is 16.2. The molecule has 0 unspecified atom stereocenters. The molecule has 0 aromatic heterocycles. The third-order valence-electron chi connectivity index (χ3n) is 0.576. The minimum atomic E-state index is -0.00273. The van der Waals surface area contributed by atoms with E-state index in [0.717, 1.165) is 0 Å². The molecule has 0 saturated heterocycles. The van der Waals surface area contributed by atoms with Crippen LogP contribution < -0.4 is 0 Å². The number of allylic oxidation sites excluding steroid dienone is 1. The standard InChI is InChI=1S/C9H6O/c1-2-3-4-5-6-7-8-9-10/h1,7-8,10H,9H2. The molecule has 0 bridgehead atoms. The Bertz CT molecular complexity index is 257. The largest absolute Gasteiger partial charge is 0.392 e. The Morgan fingerprint density at radius 1 is 1.30 bits per heavy atom. The zero-order chi connectivity index (χ0) is 7.66. The van der Waals surface area contributed by atoms with E-state index in [0.29, 0.717) is 0 Å². The average molecular weight is 130 g/mol. The molecule has 0 amide bonds. The SMILES string of the molecule is C#CC#CC#CC=CCO. The first-order valence-electron chi connectivity index (χ1n) is 2.64. The number of terminal acetylenes is 1. The molecule has 0 saturated carbocycles. The average Bonchev–Trinajstić information content (AvgIpc) is 1.97. The molecule has 0 spiro atoms. The van der Waals surface area contributed by atoms with Crippen molar-refractivity contribution in [3.8, 4) is 36.0 Å². The molecule has 0 rings (SSSR count). The third kappa shape index (κ3) is 6.38. The van der Waals surface area contributed by atoms with Crippen LogP contribution >= 0.6 is 0 Å². The van der Waals surface area contributed by atoms with E-state index in [9.17, 15) is 0 Å². The lowest BCUT2D eigenvalue weighted by Crippen LogP contribution is -1.67. The first kappa shape index (κ1) is 8.38. The van der Waals surface area contributed by atoms with Gasteiger partial charge in [0.2, 0.25) is 0 Å². The predicted molar refractivity (Wildman–Crippen MR) is 40.6 cm³/mol. The highest BCUT2D eigenvalue weighted by Gasteiger charge is 1.59. The second-order valence-corrected chi connectivity index (χ2v) is 1.25. The number of hydrogen-bond acceptors (Lipinski definition) is 1. The lowest BCUT2D eigenvalue weighted by Gasteiger charge is -1.67. The Balaban J connectivity index is 3.73. The van der Waals surface area contributed by atoms with E-state index in [1.165, 1.54) is 12.2 Å². The first-order chi connectivity index (χ1) is 4.91. The lowest BCUT2D eigenvalue weighted by molar-refractivity contribution is 0.343. The number of hydrogen-bond donors (Lipinski definition) is 1. The molecule has 48 valence electrons. The maximum absolute atomic E-state index is 8.25. The van der Waals surface area contributed by atoms with Gasteiger partial charge in [-0.3, -0.25) is 0 Å². The fourth-order valence-corrected chi connectivity index (χ4v) is 0.257. The van der Waals surface area contributed by atoms with Gasteiger partial charge in [0.1, 0.15) is 0 Å². The molecule has 0 fully saturated rings. The van der Waals surface area contributed by atoms with Crippen molar-refractivity contribution in [2.24, 2.45) is 0 Å². The summed E-state index contributed by atoms with van der Waals surface area (Å²) in [6.07, 6.45) is 7.86. The van der Waals surface area contributed by atoms with Crippen molar-refractivity contribution < 1.29 is 5.11 Å². The van der Waals surface area contributed by atoms with Crippen LogP contribution in [-0.2, 0) is 0 Å². The van der Waals surface area contributed by atoms with Crippen LogP contribution in [0.15, 0.2) is 12.2 Å². The van der Waals surface area contributed by atoms with Gasteiger partial charge in [0.25, 0.3) is 0 Å². The van der Waals surface area contributed by atoms with Gasteiger partial charge in [-0.25, -0.2) is 0 Å². The molecule has 0 aliphatic rings. The van der Waals surface area contributed by atoms with E-state index in [-0.39, 0.29) is 6.61 Å². The van der Waals surface area contributed by atoms with Crippen LogP contribution in [0.4, 0.5) is 0 Å². The van der Waals surface area contributed by atoms with E-state index < -0.39 is 0 Å².